The van der Waals surface area contributed by atoms with Crippen molar-refractivity contribution in [3.05, 3.63) is 17.0 Å². The highest BCUT2D eigenvalue weighted by Crippen LogP contribution is 2.30. The van der Waals surface area contributed by atoms with Crippen molar-refractivity contribution in [3.8, 4) is 0 Å². The fourth-order valence-corrected chi connectivity index (χ4v) is 2.45. The van der Waals surface area contributed by atoms with Gasteiger partial charge in [-0.25, -0.2) is 0 Å². The SMILES string of the molecule is Cn1nc2c(c1C(C)(C)O)CCCC2. The molecule has 1 aliphatic carbocycles. The molecule has 3 heteroatoms. The molecule has 1 aliphatic rings. The molecule has 0 unspecified atom stereocenters. The lowest BCUT2D eigenvalue weighted by Gasteiger charge is -2.21. The Labute approximate surface area is 84.7 Å². The van der Waals surface area contributed by atoms with Crippen molar-refractivity contribution < 1.29 is 5.11 Å². The van der Waals surface area contributed by atoms with Crippen LogP contribution in [0.4, 0.5) is 0 Å². The molecule has 1 aromatic rings. The minimum absolute atomic E-state index is 0.771. The third kappa shape index (κ3) is 1.46. The third-order valence-corrected chi connectivity index (χ3v) is 2.90. The Hall–Kier alpha value is -0.830. The zero-order valence-corrected chi connectivity index (χ0v) is 9.17. The lowest BCUT2D eigenvalue weighted by Crippen LogP contribution is -2.22. The van der Waals surface area contributed by atoms with Gasteiger partial charge in [0, 0.05) is 7.05 Å². The molecule has 0 radical (unpaired) electrons. The van der Waals surface area contributed by atoms with Crippen LogP contribution in [0, 0.1) is 0 Å². The lowest BCUT2D eigenvalue weighted by molar-refractivity contribution is 0.0685. The maximum Gasteiger partial charge on any atom is 0.101 e. The first kappa shape index (κ1) is 9.71. The standard InChI is InChI=1S/C11H18N2O/c1-11(2,14)10-8-6-4-5-7-9(8)12-13(10)3/h14H,4-7H2,1-3H3. The maximum atomic E-state index is 10.1. The highest BCUT2D eigenvalue weighted by molar-refractivity contribution is 5.31. The fourth-order valence-electron chi connectivity index (χ4n) is 2.45. The van der Waals surface area contributed by atoms with Crippen LogP contribution in [0.25, 0.3) is 0 Å². The van der Waals surface area contributed by atoms with Gasteiger partial charge in [-0.2, -0.15) is 5.10 Å². The monoisotopic (exact) mass is 194 g/mol. The molecule has 0 bridgehead atoms. The summed E-state index contributed by atoms with van der Waals surface area (Å²) in [6.07, 6.45) is 4.60. The zero-order chi connectivity index (χ0) is 10.3. The van der Waals surface area contributed by atoms with Crippen LogP contribution in [0.2, 0.25) is 0 Å². The van der Waals surface area contributed by atoms with Gasteiger partial charge in [0.2, 0.25) is 0 Å². The van der Waals surface area contributed by atoms with E-state index in [1.165, 1.54) is 24.1 Å². The molecular weight excluding hydrogens is 176 g/mol. The average Bonchev–Trinajstić information content (AvgIpc) is 2.38. The molecule has 0 saturated heterocycles. The number of fused-ring (bicyclic) bond motifs is 1. The fraction of sp³-hybridized carbons (Fsp3) is 0.727. The summed E-state index contributed by atoms with van der Waals surface area (Å²) in [6.45, 7) is 3.66. The minimum atomic E-state index is -0.771. The van der Waals surface area contributed by atoms with Crippen LogP contribution < -0.4 is 0 Å². The normalized spacial score (nSPS) is 16.9. The smallest absolute Gasteiger partial charge is 0.101 e. The van der Waals surface area contributed by atoms with E-state index in [1.807, 2.05) is 25.6 Å². The van der Waals surface area contributed by atoms with E-state index in [2.05, 4.69) is 5.10 Å². The van der Waals surface area contributed by atoms with Gasteiger partial charge in [0.25, 0.3) is 0 Å². The maximum absolute atomic E-state index is 10.1. The summed E-state index contributed by atoms with van der Waals surface area (Å²) in [5, 5.41) is 14.5. The van der Waals surface area contributed by atoms with E-state index >= 15 is 0 Å². The highest BCUT2D eigenvalue weighted by Gasteiger charge is 2.28. The second kappa shape index (κ2) is 3.09. The topological polar surface area (TPSA) is 38.0 Å². The van der Waals surface area contributed by atoms with Gasteiger partial charge in [-0.1, -0.05) is 0 Å². The van der Waals surface area contributed by atoms with Crippen molar-refractivity contribution >= 4 is 0 Å². The van der Waals surface area contributed by atoms with Crippen molar-refractivity contribution in [3.63, 3.8) is 0 Å². The molecule has 78 valence electrons. The molecule has 0 saturated carbocycles. The molecular formula is C11H18N2O. The molecule has 0 fully saturated rings. The van der Waals surface area contributed by atoms with Crippen LogP contribution in [0.1, 0.15) is 43.6 Å². The molecule has 0 aliphatic heterocycles. The summed E-state index contributed by atoms with van der Waals surface area (Å²) < 4.78 is 1.84. The van der Waals surface area contributed by atoms with Crippen LogP contribution in [0.5, 0.6) is 0 Å². The number of nitrogens with zero attached hydrogens (tertiary/aromatic N) is 2. The van der Waals surface area contributed by atoms with Gasteiger partial charge in [0.1, 0.15) is 5.60 Å². The molecule has 1 aromatic heterocycles. The number of aromatic nitrogens is 2. The Morgan fingerprint density at radius 3 is 2.57 bits per heavy atom. The van der Waals surface area contributed by atoms with Crippen molar-refractivity contribution in [2.45, 2.75) is 45.1 Å². The van der Waals surface area contributed by atoms with E-state index in [-0.39, 0.29) is 0 Å². The molecule has 2 rings (SSSR count). The van der Waals surface area contributed by atoms with Crippen molar-refractivity contribution in [1.82, 2.24) is 9.78 Å². The minimum Gasteiger partial charge on any atom is -0.384 e. The van der Waals surface area contributed by atoms with Gasteiger partial charge in [0.05, 0.1) is 11.4 Å². The first-order valence-electron chi connectivity index (χ1n) is 5.28. The second-order valence-corrected chi connectivity index (χ2v) is 4.66. The van der Waals surface area contributed by atoms with E-state index < -0.39 is 5.60 Å². The van der Waals surface area contributed by atoms with Gasteiger partial charge < -0.3 is 5.11 Å². The average molecular weight is 194 g/mol. The van der Waals surface area contributed by atoms with Gasteiger partial charge in [-0.05, 0) is 45.1 Å². The Kier molecular flexibility index (Phi) is 2.14. The van der Waals surface area contributed by atoms with Crippen LogP contribution in [0.3, 0.4) is 0 Å². The first-order chi connectivity index (χ1) is 6.50. The Morgan fingerprint density at radius 2 is 1.93 bits per heavy atom. The van der Waals surface area contributed by atoms with Gasteiger partial charge >= 0.3 is 0 Å². The molecule has 3 nitrogen and oxygen atoms in total. The van der Waals surface area contributed by atoms with Gasteiger partial charge in [-0.15, -0.1) is 0 Å². The summed E-state index contributed by atoms with van der Waals surface area (Å²) in [4.78, 5) is 0. The number of hydrogen-bond donors (Lipinski definition) is 1. The Balaban J connectivity index is 2.53. The largest absolute Gasteiger partial charge is 0.384 e. The third-order valence-electron chi connectivity index (χ3n) is 2.90. The quantitative estimate of drug-likeness (QED) is 0.736. The number of rotatable bonds is 1. The van der Waals surface area contributed by atoms with E-state index in [1.54, 1.807) is 0 Å². The van der Waals surface area contributed by atoms with Crippen LogP contribution in [0.15, 0.2) is 0 Å². The van der Waals surface area contributed by atoms with Crippen molar-refractivity contribution in [2.24, 2.45) is 7.05 Å². The first-order valence-corrected chi connectivity index (χ1v) is 5.28. The number of aliphatic hydroxyl groups is 1. The van der Waals surface area contributed by atoms with Gasteiger partial charge in [-0.3, -0.25) is 4.68 Å². The molecule has 1 N–H and O–H groups in total. The predicted molar refractivity (Wildman–Crippen MR) is 55.1 cm³/mol. The summed E-state index contributed by atoms with van der Waals surface area (Å²) in [5.41, 5.74) is 2.70. The van der Waals surface area contributed by atoms with Crippen LogP contribution >= 0.6 is 0 Å². The Bertz CT molecular complexity index is 347. The Morgan fingerprint density at radius 1 is 1.29 bits per heavy atom. The van der Waals surface area contributed by atoms with Crippen LogP contribution in [-0.2, 0) is 25.5 Å². The predicted octanol–water partition coefficient (Wildman–Crippen LogP) is 1.53. The number of aryl methyl sites for hydroxylation is 2. The zero-order valence-electron chi connectivity index (χ0n) is 9.17. The van der Waals surface area contributed by atoms with Gasteiger partial charge in [0.15, 0.2) is 0 Å². The molecule has 1 heterocycles. The molecule has 0 spiro atoms. The molecule has 14 heavy (non-hydrogen) atoms. The summed E-state index contributed by atoms with van der Waals surface area (Å²) in [6, 6.07) is 0. The summed E-state index contributed by atoms with van der Waals surface area (Å²) >= 11 is 0. The van der Waals surface area contributed by atoms with E-state index in [0.717, 1.165) is 18.5 Å². The lowest BCUT2D eigenvalue weighted by atomic mass is 9.91. The number of hydrogen-bond acceptors (Lipinski definition) is 2. The highest BCUT2D eigenvalue weighted by atomic mass is 16.3. The van der Waals surface area contributed by atoms with E-state index in [9.17, 15) is 5.11 Å². The summed E-state index contributed by atoms with van der Waals surface area (Å²) in [5.74, 6) is 0. The molecule has 0 aromatic carbocycles. The van der Waals surface area contributed by atoms with Crippen molar-refractivity contribution in [2.75, 3.05) is 0 Å². The molecule has 0 amide bonds. The van der Waals surface area contributed by atoms with E-state index in [4.69, 9.17) is 0 Å². The second-order valence-electron chi connectivity index (χ2n) is 4.66. The summed E-state index contributed by atoms with van der Waals surface area (Å²) in [7, 11) is 1.92. The van der Waals surface area contributed by atoms with E-state index in [0.29, 0.717) is 0 Å². The van der Waals surface area contributed by atoms with Crippen molar-refractivity contribution in [1.29, 1.82) is 0 Å². The molecule has 0 atom stereocenters. The van der Waals surface area contributed by atoms with Crippen LogP contribution in [-0.4, -0.2) is 14.9 Å².